The van der Waals surface area contributed by atoms with Crippen LogP contribution < -0.4 is 10.9 Å². The molecule has 1 aromatic heterocycles. The number of carbonyl (C=O) groups is 1. The van der Waals surface area contributed by atoms with E-state index < -0.39 is 16.4 Å². The molecule has 0 saturated carbocycles. The van der Waals surface area contributed by atoms with Crippen molar-refractivity contribution in [3.05, 3.63) is 85.3 Å². The number of hydrogen-bond donors (Lipinski definition) is 2. The Morgan fingerprint density at radius 2 is 1.93 bits per heavy atom. The number of nitro benzene ring substituents is 1. The molecule has 1 heterocycles. The number of aromatic nitrogens is 2. The zero-order valence-corrected chi connectivity index (χ0v) is 14.8. The van der Waals surface area contributed by atoms with E-state index in [1.807, 2.05) is 0 Å². The van der Waals surface area contributed by atoms with Gasteiger partial charge in [-0.2, -0.15) is 0 Å². The molecule has 1 amide bonds. The molecule has 0 saturated heterocycles. The molecule has 3 rings (SSSR count). The summed E-state index contributed by atoms with van der Waals surface area (Å²) in [5.74, 6) is -0.422. The summed E-state index contributed by atoms with van der Waals surface area (Å²) in [6, 6.07) is 10.8. The number of nitrogens with zero attached hydrogens (tertiary/aromatic N) is 2. The summed E-state index contributed by atoms with van der Waals surface area (Å²) in [5.41, 5.74) is 0.500. The van der Waals surface area contributed by atoms with E-state index in [9.17, 15) is 19.7 Å². The van der Waals surface area contributed by atoms with Gasteiger partial charge in [-0.05, 0) is 36.8 Å². The molecule has 0 aliphatic carbocycles. The molecule has 0 radical (unpaired) electrons. The molecule has 3 aromatic rings. The zero-order valence-electron chi connectivity index (χ0n) is 14.0. The molecular formula is C18H13ClN4O4. The summed E-state index contributed by atoms with van der Waals surface area (Å²) >= 11 is 5.83. The molecule has 136 valence electrons. The summed E-state index contributed by atoms with van der Waals surface area (Å²) in [4.78, 5) is 41.7. The summed E-state index contributed by atoms with van der Waals surface area (Å²) in [7, 11) is 0. The number of nitrogens with one attached hydrogen (secondary N) is 2. The summed E-state index contributed by atoms with van der Waals surface area (Å²) in [6.07, 6.45) is 1.16. The van der Waals surface area contributed by atoms with Crippen LogP contribution >= 0.6 is 11.6 Å². The van der Waals surface area contributed by atoms with E-state index in [0.717, 1.165) is 6.20 Å². The van der Waals surface area contributed by atoms with Crippen molar-refractivity contribution < 1.29 is 9.72 Å². The number of non-ortho nitro benzene ring substituents is 1. The van der Waals surface area contributed by atoms with Crippen molar-refractivity contribution in [2.45, 2.75) is 6.92 Å². The Balaban J connectivity index is 1.88. The van der Waals surface area contributed by atoms with Gasteiger partial charge in [0.25, 0.3) is 17.2 Å². The second-order valence-corrected chi connectivity index (χ2v) is 6.13. The van der Waals surface area contributed by atoms with E-state index in [1.165, 1.54) is 18.2 Å². The smallest absolute Gasteiger partial charge is 0.271 e. The Labute approximate surface area is 158 Å². The van der Waals surface area contributed by atoms with Crippen LogP contribution in [0.3, 0.4) is 0 Å². The topological polar surface area (TPSA) is 118 Å². The Kier molecular flexibility index (Phi) is 5.00. The van der Waals surface area contributed by atoms with Crippen LogP contribution in [0.15, 0.2) is 53.5 Å². The van der Waals surface area contributed by atoms with Crippen LogP contribution in [0.2, 0.25) is 5.02 Å². The molecule has 0 atom stereocenters. The molecular weight excluding hydrogens is 372 g/mol. The first-order valence-electron chi connectivity index (χ1n) is 7.77. The van der Waals surface area contributed by atoms with Crippen LogP contribution in [0.1, 0.15) is 15.9 Å². The number of benzene rings is 2. The van der Waals surface area contributed by atoms with Crippen molar-refractivity contribution in [2.24, 2.45) is 0 Å². The maximum atomic E-state index is 12.4. The van der Waals surface area contributed by atoms with E-state index in [4.69, 9.17) is 11.6 Å². The Morgan fingerprint density at radius 1 is 1.22 bits per heavy atom. The first-order valence-corrected chi connectivity index (χ1v) is 8.14. The van der Waals surface area contributed by atoms with E-state index >= 15 is 0 Å². The molecule has 2 aromatic carbocycles. The van der Waals surface area contributed by atoms with Crippen molar-refractivity contribution in [1.82, 2.24) is 9.97 Å². The predicted octanol–water partition coefficient (Wildman–Crippen LogP) is 3.56. The van der Waals surface area contributed by atoms with Gasteiger partial charge in [-0.3, -0.25) is 19.7 Å². The quantitative estimate of drug-likeness (QED) is 0.526. The van der Waals surface area contributed by atoms with Gasteiger partial charge in [-0.1, -0.05) is 17.7 Å². The van der Waals surface area contributed by atoms with Crippen LogP contribution in [0, 0.1) is 17.0 Å². The van der Waals surface area contributed by atoms with Gasteiger partial charge in [0.05, 0.1) is 10.6 Å². The van der Waals surface area contributed by atoms with Crippen LogP contribution in [-0.4, -0.2) is 20.8 Å². The largest absolute Gasteiger partial charge is 0.321 e. The molecule has 9 heteroatoms. The van der Waals surface area contributed by atoms with Gasteiger partial charge in [0.15, 0.2) is 0 Å². The second-order valence-electron chi connectivity index (χ2n) is 5.69. The number of nitro groups is 1. The summed E-state index contributed by atoms with van der Waals surface area (Å²) < 4.78 is 0. The molecule has 27 heavy (non-hydrogen) atoms. The SMILES string of the molecule is Cc1ccc([N+](=O)[O-])cc1NC(=O)c1cnc(-c2ccc(Cl)cc2)[nH]c1=O. The normalized spacial score (nSPS) is 10.4. The molecule has 0 aliphatic heterocycles. The number of halogens is 1. The lowest BCUT2D eigenvalue weighted by molar-refractivity contribution is -0.384. The minimum absolute atomic E-state index is 0.166. The highest BCUT2D eigenvalue weighted by atomic mass is 35.5. The summed E-state index contributed by atoms with van der Waals surface area (Å²) in [5, 5.41) is 13.9. The second kappa shape index (κ2) is 7.38. The highest BCUT2D eigenvalue weighted by Gasteiger charge is 2.16. The van der Waals surface area contributed by atoms with Gasteiger partial charge in [-0.15, -0.1) is 0 Å². The van der Waals surface area contributed by atoms with E-state index in [-0.39, 0.29) is 16.9 Å². The number of anilines is 1. The van der Waals surface area contributed by atoms with Crippen molar-refractivity contribution in [2.75, 3.05) is 5.32 Å². The number of H-pyrrole nitrogens is 1. The maximum Gasteiger partial charge on any atom is 0.271 e. The predicted molar refractivity (Wildman–Crippen MR) is 101 cm³/mol. The molecule has 0 spiro atoms. The molecule has 0 aliphatic rings. The van der Waals surface area contributed by atoms with Crippen LogP contribution in [0.4, 0.5) is 11.4 Å². The zero-order chi connectivity index (χ0) is 19.6. The first kappa shape index (κ1) is 18.3. The van der Waals surface area contributed by atoms with Gasteiger partial charge in [-0.25, -0.2) is 4.98 Å². The number of aromatic amines is 1. The van der Waals surface area contributed by atoms with Crippen molar-refractivity contribution in [1.29, 1.82) is 0 Å². The summed E-state index contributed by atoms with van der Waals surface area (Å²) in [6.45, 7) is 1.69. The Hall–Kier alpha value is -3.52. The highest BCUT2D eigenvalue weighted by Crippen LogP contribution is 2.22. The van der Waals surface area contributed by atoms with E-state index in [1.54, 1.807) is 31.2 Å². The van der Waals surface area contributed by atoms with Crippen LogP contribution in [0.25, 0.3) is 11.4 Å². The monoisotopic (exact) mass is 384 g/mol. The standard InChI is InChI=1S/C18H13ClN4O4/c1-10-2-7-13(23(26)27)8-15(10)21-17(24)14-9-20-16(22-18(14)25)11-3-5-12(19)6-4-11/h2-9H,1H3,(H,21,24)(H,20,22,25). The minimum Gasteiger partial charge on any atom is -0.321 e. The average Bonchev–Trinajstić information content (AvgIpc) is 2.63. The van der Waals surface area contributed by atoms with Crippen molar-refractivity contribution >= 4 is 28.9 Å². The molecule has 0 fully saturated rings. The third-order valence-corrected chi connectivity index (χ3v) is 4.09. The lowest BCUT2D eigenvalue weighted by Crippen LogP contribution is -2.24. The fourth-order valence-electron chi connectivity index (χ4n) is 2.36. The lowest BCUT2D eigenvalue weighted by atomic mass is 10.1. The third-order valence-electron chi connectivity index (χ3n) is 3.84. The number of rotatable bonds is 4. The number of amides is 1. The molecule has 0 unspecified atom stereocenters. The van der Waals surface area contributed by atoms with Crippen LogP contribution in [-0.2, 0) is 0 Å². The first-order chi connectivity index (χ1) is 12.8. The van der Waals surface area contributed by atoms with Gasteiger partial charge in [0.1, 0.15) is 11.4 Å². The van der Waals surface area contributed by atoms with Crippen molar-refractivity contribution in [3.8, 4) is 11.4 Å². The molecule has 8 nitrogen and oxygen atoms in total. The Morgan fingerprint density at radius 3 is 2.56 bits per heavy atom. The maximum absolute atomic E-state index is 12.4. The molecule has 0 bridgehead atoms. The minimum atomic E-state index is -0.713. The van der Waals surface area contributed by atoms with Gasteiger partial charge < -0.3 is 10.3 Å². The fraction of sp³-hybridized carbons (Fsp3) is 0.0556. The molecule has 2 N–H and O–H groups in total. The fourth-order valence-corrected chi connectivity index (χ4v) is 2.48. The van der Waals surface area contributed by atoms with Crippen LogP contribution in [0.5, 0.6) is 0 Å². The number of carbonyl (C=O) groups excluding carboxylic acids is 1. The highest BCUT2D eigenvalue weighted by molar-refractivity contribution is 6.30. The average molecular weight is 385 g/mol. The van der Waals surface area contributed by atoms with E-state index in [2.05, 4.69) is 15.3 Å². The van der Waals surface area contributed by atoms with Gasteiger partial charge in [0, 0.05) is 28.9 Å². The van der Waals surface area contributed by atoms with E-state index in [0.29, 0.717) is 22.0 Å². The van der Waals surface area contributed by atoms with Gasteiger partial charge in [0.2, 0.25) is 0 Å². The number of aryl methyl sites for hydroxylation is 1. The van der Waals surface area contributed by atoms with Crippen molar-refractivity contribution in [3.63, 3.8) is 0 Å². The third kappa shape index (κ3) is 4.01. The Bertz CT molecular complexity index is 1090. The lowest BCUT2D eigenvalue weighted by Gasteiger charge is -2.08. The number of hydrogen-bond acceptors (Lipinski definition) is 5. The van der Waals surface area contributed by atoms with Gasteiger partial charge >= 0.3 is 0 Å².